The maximum Gasteiger partial charge on any atom is 0.265 e. The third-order valence-electron chi connectivity index (χ3n) is 3.75. The molecule has 0 spiro atoms. The minimum atomic E-state index is -0.406. The number of aryl methyl sites for hydroxylation is 1. The number of anilines is 1. The highest BCUT2D eigenvalue weighted by Gasteiger charge is 2.14. The molecule has 0 aliphatic heterocycles. The molecule has 0 bridgehead atoms. The number of H-pyrrole nitrogens is 1. The fraction of sp³-hybridized carbons (Fsp3) is 0.0556. The van der Waals surface area contributed by atoms with Crippen molar-refractivity contribution in [2.24, 2.45) is 0 Å². The molecule has 4 aromatic rings. The molecule has 3 heterocycles. The number of carbonyl (C=O) groups is 1. The number of amides is 1. The van der Waals surface area contributed by atoms with Crippen LogP contribution in [-0.2, 0) is 0 Å². The number of thiophene rings is 1. The molecule has 4 rings (SSSR count). The van der Waals surface area contributed by atoms with Crippen LogP contribution in [0.15, 0.2) is 42.6 Å². The van der Waals surface area contributed by atoms with Gasteiger partial charge in [-0.15, -0.1) is 11.3 Å². The Morgan fingerprint density at radius 3 is 2.88 bits per heavy atom. The van der Waals surface area contributed by atoms with Crippen molar-refractivity contribution < 1.29 is 9.18 Å². The fourth-order valence-electron chi connectivity index (χ4n) is 2.55. The number of nitrogens with zero attached hydrogens (tertiary/aromatic N) is 2. The van der Waals surface area contributed by atoms with Gasteiger partial charge in [-0.05, 0) is 48.9 Å². The van der Waals surface area contributed by atoms with E-state index in [1.807, 2.05) is 13.0 Å². The normalized spacial score (nSPS) is 11.0. The van der Waals surface area contributed by atoms with Gasteiger partial charge in [0.15, 0.2) is 10.8 Å². The van der Waals surface area contributed by atoms with Gasteiger partial charge in [-0.25, -0.2) is 9.97 Å². The Labute approximate surface area is 156 Å². The van der Waals surface area contributed by atoms with E-state index in [1.165, 1.54) is 12.1 Å². The molecule has 5 nitrogen and oxygen atoms in total. The lowest BCUT2D eigenvalue weighted by Gasteiger charge is -2.07. The van der Waals surface area contributed by atoms with E-state index in [0.29, 0.717) is 32.6 Å². The number of carbonyl (C=O) groups excluding carboxylic acids is 1. The quantitative estimate of drug-likeness (QED) is 0.518. The topological polar surface area (TPSA) is 70.7 Å². The van der Waals surface area contributed by atoms with E-state index in [9.17, 15) is 9.18 Å². The van der Waals surface area contributed by atoms with Gasteiger partial charge in [0.1, 0.15) is 5.82 Å². The van der Waals surface area contributed by atoms with Crippen LogP contribution in [0.4, 0.5) is 10.1 Å². The first-order valence-corrected chi connectivity index (χ1v) is 8.88. The van der Waals surface area contributed by atoms with Crippen molar-refractivity contribution >= 4 is 45.7 Å². The number of halogens is 2. The summed E-state index contributed by atoms with van der Waals surface area (Å²) in [7, 11) is 0. The van der Waals surface area contributed by atoms with Crippen LogP contribution >= 0.6 is 22.9 Å². The van der Waals surface area contributed by atoms with Crippen LogP contribution < -0.4 is 5.32 Å². The van der Waals surface area contributed by atoms with Crippen molar-refractivity contribution in [3.63, 3.8) is 0 Å². The fourth-order valence-corrected chi connectivity index (χ4v) is 3.38. The Kier molecular flexibility index (Phi) is 4.18. The summed E-state index contributed by atoms with van der Waals surface area (Å²) in [4.78, 5) is 24.4. The molecule has 0 radical (unpaired) electrons. The van der Waals surface area contributed by atoms with Crippen LogP contribution in [0.2, 0.25) is 5.02 Å². The first-order valence-electron chi connectivity index (χ1n) is 7.68. The number of aromatic nitrogens is 3. The van der Waals surface area contributed by atoms with Gasteiger partial charge in [0.2, 0.25) is 0 Å². The summed E-state index contributed by atoms with van der Waals surface area (Å²) in [5.41, 5.74) is 3.58. The van der Waals surface area contributed by atoms with Crippen LogP contribution in [0, 0.1) is 12.1 Å². The molecule has 0 aliphatic carbocycles. The minimum Gasteiger partial charge on any atom is -0.337 e. The third kappa shape index (κ3) is 3.18. The van der Waals surface area contributed by atoms with Crippen LogP contribution in [0.25, 0.3) is 22.6 Å². The van der Waals surface area contributed by atoms with Crippen molar-refractivity contribution in [1.82, 2.24) is 15.0 Å². The predicted molar refractivity (Wildman–Crippen MR) is 101 cm³/mol. The highest BCUT2D eigenvalue weighted by Crippen LogP contribution is 2.30. The number of fused-ring (bicyclic) bond motifs is 1. The molecular weight excluding hydrogens is 375 g/mol. The van der Waals surface area contributed by atoms with Gasteiger partial charge in [-0.3, -0.25) is 4.79 Å². The zero-order valence-corrected chi connectivity index (χ0v) is 15.1. The van der Waals surface area contributed by atoms with Crippen molar-refractivity contribution in [1.29, 1.82) is 0 Å². The smallest absolute Gasteiger partial charge is 0.265 e. The lowest BCUT2D eigenvalue weighted by Crippen LogP contribution is -2.10. The number of hydrogen-bond donors (Lipinski definition) is 2. The van der Waals surface area contributed by atoms with Crippen LogP contribution in [-0.4, -0.2) is 20.9 Å². The Morgan fingerprint density at radius 2 is 2.12 bits per heavy atom. The Morgan fingerprint density at radius 1 is 1.27 bits per heavy atom. The van der Waals surface area contributed by atoms with Gasteiger partial charge < -0.3 is 10.3 Å². The largest absolute Gasteiger partial charge is 0.337 e. The predicted octanol–water partition coefficient (Wildman–Crippen LogP) is 5.04. The maximum absolute atomic E-state index is 13.1. The van der Waals surface area contributed by atoms with E-state index in [2.05, 4.69) is 20.3 Å². The number of pyridine rings is 1. The van der Waals surface area contributed by atoms with E-state index in [0.717, 1.165) is 22.4 Å². The standard InChI is InChI=1S/C18H12ClFN4OS/c1-9-6-13-17(21-8-9)24-16(23-13)11-7-10(2-3-12(11)19)22-18(25)14-4-5-15(20)26-14/h2-8H,1H3,(H,22,25)(H,21,23,24). The van der Waals surface area contributed by atoms with Gasteiger partial charge in [-0.1, -0.05) is 11.6 Å². The van der Waals surface area contributed by atoms with E-state index in [1.54, 1.807) is 24.4 Å². The average molecular weight is 387 g/mol. The molecule has 0 saturated carbocycles. The van der Waals surface area contributed by atoms with E-state index >= 15 is 0 Å². The molecule has 1 aromatic carbocycles. The van der Waals surface area contributed by atoms with E-state index < -0.39 is 5.13 Å². The molecule has 0 aliphatic rings. The number of benzene rings is 1. The molecular formula is C18H12ClFN4OS. The van der Waals surface area contributed by atoms with Crippen LogP contribution in [0.3, 0.4) is 0 Å². The molecule has 3 aromatic heterocycles. The highest BCUT2D eigenvalue weighted by atomic mass is 35.5. The lowest BCUT2D eigenvalue weighted by molar-refractivity contribution is 0.103. The molecule has 8 heteroatoms. The minimum absolute atomic E-state index is 0.294. The SMILES string of the molecule is Cc1cnc2nc(-c3cc(NC(=O)c4ccc(F)s4)ccc3Cl)[nH]c2c1. The van der Waals surface area contributed by atoms with Gasteiger partial charge in [0.05, 0.1) is 15.4 Å². The Hall–Kier alpha value is -2.77. The maximum atomic E-state index is 13.1. The van der Waals surface area contributed by atoms with Gasteiger partial charge in [-0.2, -0.15) is 4.39 Å². The molecule has 0 fully saturated rings. The second-order valence-corrected chi connectivity index (χ2v) is 7.16. The average Bonchev–Trinajstić information content (AvgIpc) is 3.22. The second kappa shape index (κ2) is 6.51. The van der Waals surface area contributed by atoms with Crippen molar-refractivity contribution in [3.8, 4) is 11.4 Å². The summed E-state index contributed by atoms with van der Waals surface area (Å²) >= 11 is 7.10. The van der Waals surface area contributed by atoms with Crippen molar-refractivity contribution in [3.05, 3.63) is 63.2 Å². The zero-order valence-electron chi connectivity index (χ0n) is 13.5. The van der Waals surface area contributed by atoms with Gasteiger partial charge in [0, 0.05) is 17.4 Å². The summed E-state index contributed by atoms with van der Waals surface area (Å²) in [6, 6.07) is 9.72. The molecule has 1 amide bonds. The Balaban J connectivity index is 1.68. The van der Waals surface area contributed by atoms with Crippen molar-refractivity contribution in [2.45, 2.75) is 6.92 Å². The third-order valence-corrected chi connectivity index (χ3v) is 4.95. The lowest BCUT2D eigenvalue weighted by atomic mass is 10.2. The molecule has 2 N–H and O–H groups in total. The zero-order chi connectivity index (χ0) is 18.3. The van der Waals surface area contributed by atoms with Crippen LogP contribution in [0.5, 0.6) is 0 Å². The Bertz CT molecular complexity index is 1140. The van der Waals surface area contributed by atoms with Gasteiger partial charge in [0.25, 0.3) is 5.91 Å². The molecule has 130 valence electrons. The first kappa shape index (κ1) is 16.7. The summed E-state index contributed by atoms with van der Waals surface area (Å²) < 4.78 is 13.1. The second-order valence-electron chi connectivity index (χ2n) is 5.72. The number of nitrogens with one attached hydrogen (secondary N) is 2. The summed E-state index contributed by atoms with van der Waals surface area (Å²) in [5.74, 6) is 0.176. The molecule has 0 saturated heterocycles. The molecule has 26 heavy (non-hydrogen) atoms. The summed E-state index contributed by atoms with van der Waals surface area (Å²) in [6.45, 7) is 1.95. The molecule has 0 unspecified atom stereocenters. The number of aromatic amines is 1. The number of rotatable bonds is 3. The highest BCUT2D eigenvalue weighted by molar-refractivity contribution is 7.12. The van der Waals surface area contributed by atoms with E-state index in [4.69, 9.17) is 11.6 Å². The van der Waals surface area contributed by atoms with Gasteiger partial charge >= 0.3 is 0 Å². The monoisotopic (exact) mass is 386 g/mol. The first-order chi connectivity index (χ1) is 12.5. The summed E-state index contributed by atoms with van der Waals surface area (Å²) in [5, 5.41) is 2.82. The number of imidazole rings is 1. The number of hydrogen-bond acceptors (Lipinski definition) is 4. The van der Waals surface area contributed by atoms with E-state index in [-0.39, 0.29) is 5.91 Å². The summed E-state index contributed by atoms with van der Waals surface area (Å²) in [6.07, 6.45) is 1.74. The van der Waals surface area contributed by atoms with Crippen LogP contribution in [0.1, 0.15) is 15.2 Å². The molecule has 0 atom stereocenters. The van der Waals surface area contributed by atoms with Crippen molar-refractivity contribution in [2.75, 3.05) is 5.32 Å².